The van der Waals surface area contributed by atoms with Gasteiger partial charge in [-0.1, -0.05) is 25.1 Å². The number of hydrogen-bond acceptors (Lipinski definition) is 6. The van der Waals surface area contributed by atoms with E-state index in [1.54, 1.807) is 11.5 Å². The highest BCUT2D eigenvalue weighted by Gasteiger charge is 2.18. The van der Waals surface area contributed by atoms with E-state index in [9.17, 15) is 9.59 Å². The van der Waals surface area contributed by atoms with Crippen LogP contribution in [0.15, 0.2) is 34.7 Å². The molecule has 0 fully saturated rings. The van der Waals surface area contributed by atoms with E-state index in [4.69, 9.17) is 9.15 Å². The number of aromatic nitrogens is 3. The summed E-state index contributed by atoms with van der Waals surface area (Å²) < 4.78 is 12.4. The van der Waals surface area contributed by atoms with Crippen molar-refractivity contribution in [2.24, 2.45) is 0 Å². The average Bonchev–Trinajstić information content (AvgIpc) is 3.26. The minimum atomic E-state index is -0.468. The monoisotopic (exact) mass is 370 g/mol. The summed E-state index contributed by atoms with van der Waals surface area (Å²) in [5, 5.41) is 11.7. The fourth-order valence-electron chi connectivity index (χ4n) is 2.81. The second-order valence-electron chi connectivity index (χ2n) is 6.01. The molecule has 27 heavy (non-hydrogen) atoms. The number of para-hydroxylation sites is 1. The maximum Gasteiger partial charge on any atom is 0.325 e. The molecular weight excluding hydrogens is 348 g/mol. The van der Waals surface area contributed by atoms with Crippen molar-refractivity contribution in [2.45, 2.75) is 33.2 Å². The molecule has 0 aliphatic rings. The first-order chi connectivity index (χ1) is 13.1. The van der Waals surface area contributed by atoms with Crippen LogP contribution in [0.5, 0.6) is 0 Å². The van der Waals surface area contributed by atoms with Crippen LogP contribution in [0.3, 0.4) is 0 Å². The van der Waals surface area contributed by atoms with Gasteiger partial charge in [-0.15, -0.1) is 10.2 Å². The molecule has 8 heteroatoms. The number of amides is 1. The molecule has 0 atom stereocenters. The van der Waals surface area contributed by atoms with Gasteiger partial charge in [-0.25, -0.2) is 0 Å². The zero-order chi connectivity index (χ0) is 19.2. The molecule has 3 aromatic rings. The summed E-state index contributed by atoms with van der Waals surface area (Å²) in [7, 11) is 0. The van der Waals surface area contributed by atoms with E-state index in [0.29, 0.717) is 23.9 Å². The van der Waals surface area contributed by atoms with Crippen molar-refractivity contribution in [3.63, 3.8) is 0 Å². The van der Waals surface area contributed by atoms with Gasteiger partial charge in [0.1, 0.15) is 18.8 Å². The summed E-state index contributed by atoms with van der Waals surface area (Å²) in [6.07, 6.45) is 1.61. The Labute approximate surface area is 156 Å². The van der Waals surface area contributed by atoms with Crippen LogP contribution in [0, 0.1) is 0 Å². The van der Waals surface area contributed by atoms with Crippen molar-refractivity contribution in [1.82, 2.24) is 20.1 Å². The zero-order valence-corrected chi connectivity index (χ0v) is 15.4. The molecule has 1 amide bonds. The van der Waals surface area contributed by atoms with Gasteiger partial charge >= 0.3 is 5.97 Å². The SMILES string of the molecule is CCCc1nnc(-c2cc3ccccc3n2CC(=O)NCC(=O)OCC)o1. The molecule has 1 N–H and O–H groups in total. The number of carbonyl (C=O) groups excluding carboxylic acids is 2. The standard InChI is InChI=1S/C19H22N4O4/c1-3-7-17-21-22-19(27-17)15-10-13-8-5-6-9-14(13)23(15)12-16(24)20-11-18(25)26-4-2/h5-6,8-10H,3-4,7,11-12H2,1-2H3,(H,20,24). The third kappa shape index (κ3) is 4.33. The van der Waals surface area contributed by atoms with E-state index in [1.807, 2.05) is 37.3 Å². The molecule has 0 aliphatic carbocycles. The molecule has 0 unspecified atom stereocenters. The number of nitrogens with zero attached hydrogens (tertiary/aromatic N) is 3. The van der Waals surface area contributed by atoms with E-state index >= 15 is 0 Å². The van der Waals surface area contributed by atoms with Crippen LogP contribution in [0.1, 0.15) is 26.2 Å². The zero-order valence-electron chi connectivity index (χ0n) is 15.4. The number of nitrogens with one attached hydrogen (secondary N) is 1. The molecule has 2 heterocycles. The maximum absolute atomic E-state index is 12.3. The summed E-state index contributed by atoms with van der Waals surface area (Å²) in [6.45, 7) is 3.89. The Balaban J connectivity index is 1.86. The van der Waals surface area contributed by atoms with Crippen LogP contribution < -0.4 is 5.32 Å². The van der Waals surface area contributed by atoms with Gasteiger partial charge in [0.05, 0.1) is 6.61 Å². The average molecular weight is 370 g/mol. The number of aryl methyl sites for hydroxylation is 1. The molecule has 0 saturated carbocycles. The summed E-state index contributed by atoms with van der Waals surface area (Å²) >= 11 is 0. The van der Waals surface area contributed by atoms with Gasteiger partial charge in [-0.05, 0) is 25.5 Å². The molecule has 8 nitrogen and oxygen atoms in total. The predicted octanol–water partition coefficient (Wildman–Crippen LogP) is 2.32. The van der Waals surface area contributed by atoms with Crippen molar-refractivity contribution < 1.29 is 18.7 Å². The van der Waals surface area contributed by atoms with E-state index in [1.165, 1.54) is 0 Å². The first-order valence-electron chi connectivity index (χ1n) is 8.95. The first-order valence-corrected chi connectivity index (χ1v) is 8.95. The summed E-state index contributed by atoms with van der Waals surface area (Å²) in [4.78, 5) is 23.8. The highest BCUT2D eigenvalue weighted by Crippen LogP contribution is 2.27. The lowest BCUT2D eigenvalue weighted by Crippen LogP contribution is -2.33. The van der Waals surface area contributed by atoms with Gasteiger partial charge < -0.3 is 19.0 Å². The smallest absolute Gasteiger partial charge is 0.325 e. The molecule has 0 radical (unpaired) electrons. The van der Waals surface area contributed by atoms with Crippen LogP contribution in [0.2, 0.25) is 0 Å². The Bertz CT molecular complexity index is 944. The Hall–Kier alpha value is -3.16. The molecule has 0 saturated heterocycles. The normalized spacial score (nSPS) is 10.9. The minimum Gasteiger partial charge on any atom is -0.465 e. The Morgan fingerprint density at radius 2 is 2.04 bits per heavy atom. The molecule has 0 spiro atoms. The highest BCUT2D eigenvalue weighted by molar-refractivity contribution is 5.89. The van der Waals surface area contributed by atoms with E-state index in [0.717, 1.165) is 17.3 Å². The lowest BCUT2D eigenvalue weighted by molar-refractivity contribution is -0.143. The fraction of sp³-hybridized carbons (Fsp3) is 0.368. The number of carbonyl (C=O) groups is 2. The summed E-state index contributed by atoms with van der Waals surface area (Å²) in [5.74, 6) is 0.160. The van der Waals surface area contributed by atoms with Gasteiger partial charge in [0.25, 0.3) is 5.89 Å². The van der Waals surface area contributed by atoms with Crippen LogP contribution in [-0.2, 0) is 27.3 Å². The van der Waals surface area contributed by atoms with Crippen LogP contribution in [0.25, 0.3) is 22.5 Å². The van der Waals surface area contributed by atoms with Crippen molar-refractivity contribution >= 4 is 22.8 Å². The number of ether oxygens (including phenoxy) is 1. The van der Waals surface area contributed by atoms with Crippen LogP contribution >= 0.6 is 0 Å². The second-order valence-corrected chi connectivity index (χ2v) is 6.01. The van der Waals surface area contributed by atoms with Crippen molar-refractivity contribution in [1.29, 1.82) is 0 Å². The van der Waals surface area contributed by atoms with Gasteiger partial charge in [-0.2, -0.15) is 0 Å². The molecule has 2 aromatic heterocycles. The Morgan fingerprint density at radius 3 is 2.81 bits per heavy atom. The lowest BCUT2D eigenvalue weighted by atomic mass is 10.2. The molecule has 0 aliphatic heterocycles. The molecular formula is C19H22N4O4. The molecule has 0 bridgehead atoms. The van der Waals surface area contributed by atoms with Crippen LogP contribution in [-0.4, -0.2) is 39.8 Å². The minimum absolute atomic E-state index is 0.0216. The van der Waals surface area contributed by atoms with Gasteiger partial charge in [0, 0.05) is 17.3 Å². The van der Waals surface area contributed by atoms with Crippen molar-refractivity contribution in [3.05, 3.63) is 36.2 Å². The molecule has 142 valence electrons. The third-order valence-electron chi connectivity index (χ3n) is 4.00. The summed E-state index contributed by atoms with van der Waals surface area (Å²) in [5.41, 5.74) is 1.53. The van der Waals surface area contributed by atoms with E-state index in [-0.39, 0.29) is 25.6 Å². The van der Waals surface area contributed by atoms with E-state index < -0.39 is 5.97 Å². The number of benzene rings is 1. The van der Waals surface area contributed by atoms with Gasteiger partial charge in [0.15, 0.2) is 0 Å². The van der Waals surface area contributed by atoms with Crippen molar-refractivity contribution in [3.8, 4) is 11.6 Å². The number of esters is 1. The van der Waals surface area contributed by atoms with Gasteiger partial charge in [0.2, 0.25) is 11.8 Å². The molecule has 1 aromatic carbocycles. The number of fused-ring (bicyclic) bond motifs is 1. The Morgan fingerprint density at radius 1 is 1.22 bits per heavy atom. The topological polar surface area (TPSA) is 99.2 Å². The second kappa shape index (κ2) is 8.48. The number of rotatable bonds is 8. The molecule has 3 rings (SSSR count). The fourth-order valence-corrected chi connectivity index (χ4v) is 2.81. The maximum atomic E-state index is 12.3. The quantitative estimate of drug-likeness (QED) is 0.611. The summed E-state index contributed by atoms with van der Waals surface area (Å²) in [6, 6.07) is 9.61. The third-order valence-corrected chi connectivity index (χ3v) is 4.00. The predicted molar refractivity (Wildman–Crippen MR) is 98.9 cm³/mol. The van der Waals surface area contributed by atoms with Crippen LogP contribution in [0.4, 0.5) is 0 Å². The lowest BCUT2D eigenvalue weighted by Gasteiger charge is -2.09. The highest BCUT2D eigenvalue weighted by atomic mass is 16.5. The first kappa shape index (κ1) is 18.6. The van der Waals surface area contributed by atoms with Crippen molar-refractivity contribution in [2.75, 3.05) is 13.2 Å². The number of hydrogen-bond donors (Lipinski definition) is 1. The largest absolute Gasteiger partial charge is 0.465 e. The van der Waals surface area contributed by atoms with E-state index in [2.05, 4.69) is 15.5 Å². The Kier molecular flexibility index (Phi) is 5.85. The van der Waals surface area contributed by atoms with Gasteiger partial charge in [-0.3, -0.25) is 9.59 Å².